The fourth-order valence-electron chi connectivity index (χ4n) is 2.32. The van der Waals surface area contributed by atoms with Crippen LogP contribution in [0, 0.1) is 0 Å². The monoisotopic (exact) mass is 268 g/mol. The molecular formula is C13H16O6. The smallest absolute Gasteiger partial charge is 0.306 e. The predicted molar refractivity (Wildman–Crippen MR) is 65.4 cm³/mol. The minimum Gasteiger partial charge on any atom is -0.493 e. The van der Waals surface area contributed by atoms with Crippen LogP contribution < -0.4 is 9.47 Å². The van der Waals surface area contributed by atoms with Crippen molar-refractivity contribution in [3.05, 3.63) is 23.8 Å². The summed E-state index contributed by atoms with van der Waals surface area (Å²) in [5.41, 5.74) is -1.21. The lowest BCUT2D eigenvalue weighted by molar-refractivity contribution is -0.148. The van der Waals surface area contributed by atoms with Crippen LogP contribution in [0.15, 0.2) is 18.2 Å². The van der Waals surface area contributed by atoms with E-state index in [1.54, 1.807) is 18.2 Å². The summed E-state index contributed by atoms with van der Waals surface area (Å²) in [6.07, 6.45) is -1.24. The van der Waals surface area contributed by atoms with Gasteiger partial charge in [-0.3, -0.25) is 4.79 Å². The highest BCUT2D eigenvalue weighted by Gasteiger charge is 2.50. The summed E-state index contributed by atoms with van der Waals surface area (Å²) in [6, 6.07) is 5.01. The lowest BCUT2D eigenvalue weighted by Gasteiger charge is -2.26. The van der Waals surface area contributed by atoms with Crippen LogP contribution in [0.5, 0.6) is 11.5 Å². The molecule has 0 fully saturated rings. The lowest BCUT2D eigenvalue weighted by Crippen LogP contribution is -2.42. The van der Waals surface area contributed by atoms with Crippen LogP contribution in [-0.2, 0) is 15.1 Å². The van der Waals surface area contributed by atoms with Gasteiger partial charge in [0.25, 0.3) is 0 Å². The highest BCUT2D eigenvalue weighted by atomic mass is 16.6. The van der Waals surface area contributed by atoms with Crippen molar-refractivity contribution in [1.82, 2.24) is 0 Å². The second-order valence-corrected chi connectivity index (χ2v) is 4.39. The second kappa shape index (κ2) is 5.07. The summed E-state index contributed by atoms with van der Waals surface area (Å²) in [6.45, 7) is 0.0849. The molecule has 0 saturated heterocycles. The Labute approximate surface area is 110 Å². The molecule has 6 nitrogen and oxygen atoms in total. The van der Waals surface area contributed by atoms with E-state index in [0.29, 0.717) is 17.1 Å². The highest BCUT2D eigenvalue weighted by Crippen LogP contribution is 2.48. The number of carbonyl (C=O) groups is 1. The van der Waals surface area contributed by atoms with E-state index in [0.717, 1.165) is 0 Å². The Bertz CT molecular complexity index is 486. The van der Waals surface area contributed by atoms with Crippen molar-refractivity contribution < 1.29 is 29.2 Å². The zero-order valence-corrected chi connectivity index (χ0v) is 10.8. The average Bonchev–Trinajstić information content (AvgIpc) is 2.62. The lowest BCUT2D eigenvalue weighted by atomic mass is 9.87. The zero-order chi connectivity index (χ0) is 14.0. The van der Waals surface area contributed by atoms with Crippen LogP contribution in [-0.4, -0.2) is 43.1 Å². The van der Waals surface area contributed by atoms with Crippen molar-refractivity contribution in [2.75, 3.05) is 20.8 Å². The van der Waals surface area contributed by atoms with Crippen LogP contribution >= 0.6 is 0 Å². The molecule has 19 heavy (non-hydrogen) atoms. The minimum atomic E-state index is -1.62. The number of fused-ring (bicyclic) bond motifs is 1. The van der Waals surface area contributed by atoms with E-state index in [4.69, 9.17) is 19.3 Å². The number of rotatable bonds is 5. The Morgan fingerprint density at radius 1 is 1.47 bits per heavy atom. The largest absolute Gasteiger partial charge is 0.493 e. The fourth-order valence-corrected chi connectivity index (χ4v) is 2.32. The molecule has 1 heterocycles. The molecule has 0 radical (unpaired) electrons. The molecule has 6 heteroatoms. The quantitative estimate of drug-likeness (QED) is 0.820. The second-order valence-electron chi connectivity index (χ2n) is 4.39. The summed E-state index contributed by atoms with van der Waals surface area (Å²) < 4.78 is 15.8. The molecule has 1 aliphatic rings. The maximum absolute atomic E-state index is 11.0. The SMILES string of the molecule is COCC1Oc2c(OC)cccc2C1(O)CC(=O)O. The molecule has 1 aliphatic heterocycles. The molecule has 2 atom stereocenters. The molecule has 0 saturated carbocycles. The first-order valence-electron chi connectivity index (χ1n) is 5.80. The number of ether oxygens (including phenoxy) is 3. The molecule has 1 aromatic rings. The first-order valence-corrected chi connectivity index (χ1v) is 5.80. The molecule has 0 amide bonds. The Morgan fingerprint density at radius 3 is 2.79 bits per heavy atom. The number of carboxylic acids is 1. The van der Waals surface area contributed by atoms with Gasteiger partial charge in [0.05, 0.1) is 20.1 Å². The number of aliphatic carboxylic acids is 1. The number of hydrogen-bond donors (Lipinski definition) is 2. The maximum Gasteiger partial charge on any atom is 0.306 e. The number of benzene rings is 1. The van der Waals surface area contributed by atoms with Gasteiger partial charge in [-0.15, -0.1) is 0 Å². The van der Waals surface area contributed by atoms with Crippen LogP contribution in [0.25, 0.3) is 0 Å². The van der Waals surface area contributed by atoms with E-state index < -0.39 is 24.1 Å². The van der Waals surface area contributed by atoms with E-state index >= 15 is 0 Å². The van der Waals surface area contributed by atoms with E-state index in [9.17, 15) is 9.90 Å². The summed E-state index contributed by atoms with van der Waals surface area (Å²) >= 11 is 0. The summed E-state index contributed by atoms with van der Waals surface area (Å²) in [5.74, 6) is -0.279. The van der Waals surface area contributed by atoms with Crippen molar-refractivity contribution in [2.24, 2.45) is 0 Å². The molecule has 0 bridgehead atoms. The third kappa shape index (κ3) is 2.24. The van der Waals surface area contributed by atoms with E-state index in [1.165, 1.54) is 14.2 Å². The van der Waals surface area contributed by atoms with Crippen LogP contribution in [0.4, 0.5) is 0 Å². The van der Waals surface area contributed by atoms with Crippen molar-refractivity contribution in [3.63, 3.8) is 0 Å². The highest BCUT2D eigenvalue weighted by molar-refractivity contribution is 5.70. The van der Waals surface area contributed by atoms with Crippen LogP contribution in [0.1, 0.15) is 12.0 Å². The predicted octanol–water partition coefficient (Wildman–Crippen LogP) is 0.765. The van der Waals surface area contributed by atoms with Gasteiger partial charge in [0.1, 0.15) is 5.60 Å². The Hall–Kier alpha value is -1.79. The fraction of sp³-hybridized carbons (Fsp3) is 0.462. The van der Waals surface area contributed by atoms with Gasteiger partial charge in [-0.2, -0.15) is 0 Å². The third-order valence-electron chi connectivity index (χ3n) is 3.20. The van der Waals surface area contributed by atoms with Crippen molar-refractivity contribution >= 4 is 5.97 Å². The summed E-state index contributed by atoms with van der Waals surface area (Å²) in [4.78, 5) is 11.0. The molecule has 0 spiro atoms. The molecule has 0 aliphatic carbocycles. The first-order chi connectivity index (χ1) is 9.02. The van der Waals surface area contributed by atoms with Gasteiger partial charge in [0.15, 0.2) is 17.6 Å². The molecule has 2 rings (SSSR count). The topological polar surface area (TPSA) is 85.2 Å². The Morgan fingerprint density at radius 2 is 2.21 bits per heavy atom. The van der Waals surface area contributed by atoms with Gasteiger partial charge in [0.2, 0.25) is 0 Å². The summed E-state index contributed by atoms with van der Waals surface area (Å²) in [5, 5.41) is 19.7. The van der Waals surface area contributed by atoms with Crippen LogP contribution in [0.2, 0.25) is 0 Å². The van der Waals surface area contributed by atoms with Crippen molar-refractivity contribution in [3.8, 4) is 11.5 Å². The van der Waals surface area contributed by atoms with Crippen molar-refractivity contribution in [2.45, 2.75) is 18.1 Å². The molecule has 0 aromatic heterocycles. The number of aliphatic hydroxyl groups is 1. The Kier molecular flexibility index (Phi) is 3.64. The molecule has 104 valence electrons. The van der Waals surface area contributed by atoms with Gasteiger partial charge in [-0.1, -0.05) is 12.1 Å². The number of carboxylic acid groups (broad SMARTS) is 1. The number of hydrogen-bond acceptors (Lipinski definition) is 5. The zero-order valence-electron chi connectivity index (χ0n) is 10.8. The van der Waals surface area contributed by atoms with E-state index in [-0.39, 0.29) is 6.61 Å². The Balaban J connectivity index is 2.47. The van der Waals surface area contributed by atoms with Crippen LogP contribution in [0.3, 0.4) is 0 Å². The molecular weight excluding hydrogens is 252 g/mol. The minimum absolute atomic E-state index is 0.0849. The molecule has 1 aromatic carbocycles. The van der Waals surface area contributed by atoms with Gasteiger partial charge < -0.3 is 24.4 Å². The standard InChI is InChI=1S/C13H16O6/c1-17-7-10-13(16,6-11(14)15)8-4-3-5-9(18-2)12(8)19-10/h3-5,10,16H,6-7H2,1-2H3,(H,14,15). The molecule has 2 N–H and O–H groups in total. The molecule has 2 unspecified atom stereocenters. The third-order valence-corrected chi connectivity index (χ3v) is 3.20. The van der Waals surface area contributed by atoms with Gasteiger partial charge >= 0.3 is 5.97 Å². The van der Waals surface area contributed by atoms with Gasteiger partial charge in [-0.25, -0.2) is 0 Å². The average molecular weight is 268 g/mol. The van der Waals surface area contributed by atoms with E-state index in [1.807, 2.05) is 0 Å². The van der Waals surface area contributed by atoms with Gasteiger partial charge in [-0.05, 0) is 6.07 Å². The van der Waals surface area contributed by atoms with Gasteiger partial charge in [0, 0.05) is 12.7 Å². The number of methoxy groups -OCH3 is 2. The number of para-hydroxylation sites is 1. The van der Waals surface area contributed by atoms with E-state index in [2.05, 4.69) is 0 Å². The maximum atomic E-state index is 11.0. The normalized spacial score (nSPS) is 24.7. The first kappa shape index (κ1) is 13.6. The summed E-state index contributed by atoms with van der Waals surface area (Å²) in [7, 11) is 2.95. The van der Waals surface area contributed by atoms with Crippen molar-refractivity contribution in [1.29, 1.82) is 0 Å².